The third kappa shape index (κ3) is 4.49. The first kappa shape index (κ1) is 28.7. The standard InChI is InChI=1S/C45H36N2O/c1-4-5-23-45(3)37-22-17-28(2)24-36(37)43-35(14-10-15-38(43)45)40-27-39(31-19-18-29-11-6-7-12-30(29)25-31)46-44(47-40)32-20-21-34-33-13-8-9-16-41(33)48-42(34)26-32/h6-22,24-27H,4-5,23H2,1-3H3. The van der Waals surface area contributed by atoms with E-state index in [0.717, 1.165) is 56.4 Å². The van der Waals surface area contributed by atoms with E-state index >= 15 is 0 Å². The number of furan rings is 1. The van der Waals surface area contributed by atoms with Crippen molar-refractivity contribution in [3.63, 3.8) is 0 Å². The fraction of sp³-hybridized carbons (Fsp3) is 0.156. The van der Waals surface area contributed by atoms with Crippen molar-refractivity contribution >= 4 is 32.7 Å². The first-order chi connectivity index (χ1) is 23.5. The SMILES string of the molecule is CCCCC1(C)c2ccc(C)cc2-c2c(-c3cc(-c4ccc5ccccc5c4)nc(-c4ccc5c(c4)oc4ccccc45)n3)cccc21. The van der Waals surface area contributed by atoms with Crippen LogP contribution in [0.3, 0.4) is 0 Å². The number of hydrogen-bond acceptors (Lipinski definition) is 3. The Bertz CT molecular complexity index is 2540. The average Bonchev–Trinajstić information content (AvgIpc) is 3.62. The van der Waals surface area contributed by atoms with Crippen molar-refractivity contribution in [1.82, 2.24) is 9.97 Å². The molecular formula is C45H36N2O. The Morgan fingerprint density at radius 1 is 0.604 bits per heavy atom. The normalized spacial score (nSPS) is 15.3. The number of benzene rings is 6. The highest BCUT2D eigenvalue weighted by Crippen LogP contribution is 2.54. The van der Waals surface area contributed by atoms with Crippen molar-refractivity contribution < 1.29 is 4.42 Å². The van der Waals surface area contributed by atoms with Crippen molar-refractivity contribution in [3.8, 4) is 45.0 Å². The van der Waals surface area contributed by atoms with Crippen LogP contribution in [0, 0.1) is 6.92 Å². The summed E-state index contributed by atoms with van der Waals surface area (Å²) in [6, 6.07) is 45.6. The number of aromatic nitrogens is 2. The van der Waals surface area contributed by atoms with Crippen molar-refractivity contribution in [2.75, 3.05) is 0 Å². The fourth-order valence-corrected chi connectivity index (χ4v) is 7.88. The van der Waals surface area contributed by atoms with E-state index in [4.69, 9.17) is 14.4 Å². The van der Waals surface area contributed by atoms with E-state index in [1.807, 2.05) is 12.1 Å². The Labute approximate surface area is 280 Å². The highest BCUT2D eigenvalue weighted by Gasteiger charge is 2.40. The van der Waals surface area contributed by atoms with Gasteiger partial charge in [0.1, 0.15) is 11.2 Å². The minimum absolute atomic E-state index is 0.0479. The first-order valence-corrected chi connectivity index (χ1v) is 17.1. The molecular weight excluding hydrogens is 585 g/mol. The summed E-state index contributed by atoms with van der Waals surface area (Å²) in [7, 11) is 0. The Morgan fingerprint density at radius 2 is 1.40 bits per heavy atom. The molecule has 3 nitrogen and oxygen atoms in total. The predicted molar refractivity (Wildman–Crippen MR) is 199 cm³/mol. The number of fused-ring (bicyclic) bond motifs is 7. The van der Waals surface area contributed by atoms with Crippen LogP contribution in [0.25, 0.3) is 77.7 Å². The van der Waals surface area contributed by atoms with Gasteiger partial charge in [-0.3, -0.25) is 0 Å². The van der Waals surface area contributed by atoms with Crippen LogP contribution in [-0.4, -0.2) is 9.97 Å². The van der Waals surface area contributed by atoms with Crippen LogP contribution in [-0.2, 0) is 5.41 Å². The Balaban J connectivity index is 1.29. The van der Waals surface area contributed by atoms with Gasteiger partial charge in [-0.2, -0.15) is 0 Å². The van der Waals surface area contributed by atoms with Crippen LogP contribution in [0.4, 0.5) is 0 Å². The number of para-hydroxylation sites is 1. The van der Waals surface area contributed by atoms with E-state index in [0.29, 0.717) is 5.82 Å². The van der Waals surface area contributed by atoms with Gasteiger partial charge >= 0.3 is 0 Å². The minimum atomic E-state index is -0.0479. The smallest absolute Gasteiger partial charge is 0.160 e. The third-order valence-corrected chi connectivity index (χ3v) is 10.4. The largest absolute Gasteiger partial charge is 0.456 e. The molecule has 0 amide bonds. The maximum Gasteiger partial charge on any atom is 0.160 e. The third-order valence-electron chi connectivity index (χ3n) is 10.4. The summed E-state index contributed by atoms with van der Waals surface area (Å²) in [5, 5.41) is 4.62. The molecule has 0 saturated heterocycles. The Hall–Kier alpha value is -5.54. The summed E-state index contributed by atoms with van der Waals surface area (Å²) in [4.78, 5) is 10.6. The van der Waals surface area contributed by atoms with Gasteiger partial charge in [0.25, 0.3) is 0 Å². The zero-order chi connectivity index (χ0) is 32.4. The van der Waals surface area contributed by atoms with Crippen LogP contribution in [0.5, 0.6) is 0 Å². The van der Waals surface area contributed by atoms with E-state index in [9.17, 15) is 0 Å². The molecule has 48 heavy (non-hydrogen) atoms. The van der Waals surface area contributed by atoms with Gasteiger partial charge in [0.05, 0.1) is 11.4 Å². The number of aryl methyl sites for hydroxylation is 1. The monoisotopic (exact) mass is 620 g/mol. The van der Waals surface area contributed by atoms with Gasteiger partial charge in [-0.05, 0) is 76.7 Å². The summed E-state index contributed by atoms with van der Waals surface area (Å²) in [6.07, 6.45) is 3.47. The van der Waals surface area contributed by atoms with E-state index in [1.165, 1.54) is 51.4 Å². The second-order valence-electron chi connectivity index (χ2n) is 13.5. The van der Waals surface area contributed by atoms with Crippen LogP contribution < -0.4 is 0 Å². The van der Waals surface area contributed by atoms with Crippen LogP contribution in [0.2, 0.25) is 0 Å². The lowest BCUT2D eigenvalue weighted by atomic mass is 9.76. The lowest BCUT2D eigenvalue weighted by Gasteiger charge is -2.27. The van der Waals surface area contributed by atoms with Gasteiger partial charge in [-0.25, -0.2) is 9.97 Å². The van der Waals surface area contributed by atoms with Crippen molar-refractivity contribution in [3.05, 3.63) is 144 Å². The number of unbranched alkanes of at least 4 members (excludes halogenated alkanes) is 1. The Kier molecular flexibility index (Phi) is 6.58. The van der Waals surface area contributed by atoms with Crippen LogP contribution in [0.15, 0.2) is 132 Å². The molecule has 6 aromatic carbocycles. The van der Waals surface area contributed by atoms with Gasteiger partial charge < -0.3 is 4.42 Å². The molecule has 0 aliphatic heterocycles. The first-order valence-electron chi connectivity index (χ1n) is 17.1. The quantitative estimate of drug-likeness (QED) is 0.186. The van der Waals surface area contributed by atoms with E-state index in [2.05, 4.69) is 136 Å². The maximum atomic E-state index is 6.30. The molecule has 2 aromatic heterocycles. The molecule has 232 valence electrons. The van der Waals surface area contributed by atoms with Gasteiger partial charge in [-0.1, -0.05) is 129 Å². The topological polar surface area (TPSA) is 38.9 Å². The summed E-state index contributed by atoms with van der Waals surface area (Å²) in [6.45, 7) is 6.91. The van der Waals surface area contributed by atoms with Crippen LogP contribution in [0.1, 0.15) is 49.8 Å². The highest BCUT2D eigenvalue weighted by molar-refractivity contribution is 6.05. The lowest BCUT2D eigenvalue weighted by molar-refractivity contribution is 0.504. The fourth-order valence-electron chi connectivity index (χ4n) is 7.88. The summed E-state index contributed by atoms with van der Waals surface area (Å²) < 4.78 is 6.30. The zero-order valence-corrected chi connectivity index (χ0v) is 27.5. The van der Waals surface area contributed by atoms with Crippen molar-refractivity contribution in [2.24, 2.45) is 0 Å². The zero-order valence-electron chi connectivity index (χ0n) is 27.5. The molecule has 1 atom stereocenters. The van der Waals surface area contributed by atoms with Gasteiger partial charge in [-0.15, -0.1) is 0 Å². The summed E-state index contributed by atoms with van der Waals surface area (Å²) >= 11 is 0. The summed E-state index contributed by atoms with van der Waals surface area (Å²) in [5.41, 5.74) is 13.4. The molecule has 0 fully saturated rings. The molecule has 1 aliphatic carbocycles. The van der Waals surface area contributed by atoms with Crippen molar-refractivity contribution in [1.29, 1.82) is 0 Å². The molecule has 0 N–H and O–H groups in total. The Morgan fingerprint density at radius 3 is 2.29 bits per heavy atom. The molecule has 1 unspecified atom stereocenters. The molecule has 2 heterocycles. The second-order valence-corrected chi connectivity index (χ2v) is 13.5. The molecule has 0 saturated carbocycles. The maximum absolute atomic E-state index is 6.30. The van der Waals surface area contributed by atoms with Gasteiger partial charge in [0.15, 0.2) is 5.82 Å². The molecule has 3 heteroatoms. The number of nitrogens with zero attached hydrogens (tertiary/aromatic N) is 2. The number of hydrogen-bond donors (Lipinski definition) is 0. The molecule has 8 aromatic rings. The summed E-state index contributed by atoms with van der Waals surface area (Å²) in [5.74, 6) is 0.687. The van der Waals surface area contributed by atoms with E-state index in [-0.39, 0.29) is 5.41 Å². The molecule has 0 bridgehead atoms. The van der Waals surface area contributed by atoms with E-state index in [1.54, 1.807) is 0 Å². The molecule has 9 rings (SSSR count). The molecule has 0 spiro atoms. The van der Waals surface area contributed by atoms with Crippen molar-refractivity contribution in [2.45, 2.75) is 45.4 Å². The highest BCUT2D eigenvalue weighted by atomic mass is 16.3. The van der Waals surface area contributed by atoms with Gasteiger partial charge in [0.2, 0.25) is 0 Å². The second kappa shape index (κ2) is 11.0. The molecule has 1 aliphatic rings. The average molecular weight is 621 g/mol. The predicted octanol–water partition coefficient (Wildman–Crippen LogP) is 12.3. The molecule has 0 radical (unpaired) electrons. The van der Waals surface area contributed by atoms with Crippen LogP contribution >= 0.6 is 0 Å². The number of rotatable bonds is 6. The minimum Gasteiger partial charge on any atom is -0.456 e. The van der Waals surface area contributed by atoms with Gasteiger partial charge in [0, 0.05) is 32.9 Å². The van der Waals surface area contributed by atoms with E-state index < -0.39 is 0 Å². The lowest BCUT2D eigenvalue weighted by Crippen LogP contribution is -2.20.